The van der Waals surface area contributed by atoms with E-state index in [9.17, 15) is 9.59 Å². The maximum atomic E-state index is 13.0. The molecule has 0 spiro atoms. The zero-order chi connectivity index (χ0) is 21.7. The van der Waals surface area contributed by atoms with Crippen LogP contribution < -0.4 is 10.6 Å². The molecule has 158 valence electrons. The molecule has 0 saturated carbocycles. The second kappa shape index (κ2) is 9.78. The highest BCUT2D eigenvalue weighted by molar-refractivity contribution is 6.31. The predicted molar refractivity (Wildman–Crippen MR) is 120 cm³/mol. The van der Waals surface area contributed by atoms with E-state index in [1.165, 1.54) is 6.92 Å². The first-order valence-corrected chi connectivity index (χ1v) is 10.2. The van der Waals surface area contributed by atoms with Crippen LogP contribution in [0.15, 0.2) is 54.7 Å². The largest absolute Gasteiger partial charge is 0.361 e. The van der Waals surface area contributed by atoms with E-state index in [4.69, 9.17) is 11.6 Å². The number of halogens is 1. The number of carbonyl (C=O) groups is 2. The van der Waals surface area contributed by atoms with Crippen molar-refractivity contribution in [3.8, 4) is 0 Å². The second-order valence-electron chi connectivity index (χ2n) is 7.56. The molecule has 3 aromatic rings. The molecule has 7 heteroatoms. The lowest BCUT2D eigenvalue weighted by molar-refractivity contribution is -0.128. The molecule has 3 rings (SSSR count). The van der Waals surface area contributed by atoms with E-state index in [-0.39, 0.29) is 17.9 Å². The lowest BCUT2D eigenvalue weighted by Crippen LogP contribution is -2.49. The molecule has 0 aliphatic carbocycles. The highest BCUT2D eigenvalue weighted by Crippen LogP contribution is 2.25. The van der Waals surface area contributed by atoms with Crippen LogP contribution >= 0.6 is 11.6 Å². The summed E-state index contributed by atoms with van der Waals surface area (Å²) >= 11 is 6.36. The number of benzene rings is 2. The van der Waals surface area contributed by atoms with Crippen molar-refractivity contribution in [2.45, 2.75) is 25.4 Å². The van der Waals surface area contributed by atoms with Crippen molar-refractivity contribution in [3.05, 3.63) is 70.9 Å². The van der Waals surface area contributed by atoms with Gasteiger partial charge in [0, 0.05) is 42.0 Å². The van der Waals surface area contributed by atoms with Gasteiger partial charge in [-0.3, -0.25) is 9.59 Å². The first kappa shape index (κ1) is 21.9. The Labute approximate surface area is 181 Å². The average molecular weight is 427 g/mol. The molecule has 0 aliphatic heterocycles. The molecule has 1 aromatic heterocycles. The van der Waals surface area contributed by atoms with Crippen LogP contribution in [0.3, 0.4) is 0 Å². The van der Waals surface area contributed by atoms with Crippen molar-refractivity contribution >= 4 is 34.3 Å². The van der Waals surface area contributed by atoms with E-state index < -0.39 is 6.04 Å². The minimum absolute atomic E-state index is 0.0892. The van der Waals surface area contributed by atoms with Gasteiger partial charge in [-0.15, -0.1) is 0 Å². The van der Waals surface area contributed by atoms with Crippen LogP contribution in [0.25, 0.3) is 10.9 Å². The lowest BCUT2D eigenvalue weighted by Gasteiger charge is -2.27. The normalized spacial score (nSPS) is 13.2. The van der Waals surface area contributed by atoms with Gasteiger partial charge < -0.3 is 20.5 Å². The lowest BCUT2D eigenvalue weighted by atomic mass is 10.0. The van der Waals surface area contributed by atoms with E-state index in [0.29, 0.717) is 18.0 Å². The molecular formula is C23H27ClN4O2. The molecule has 0 bridgehead atoms. The monoisotopic (exact) mass is 426 g/mol. The van der Waals surface area contributed by atoms with Crippen LogP contribution in [0, 0.1) is 0 Å². The summed E-state index contributed by atoms with van der Waals surface area (Å²) in [6.07, 6.45) is 2.29. The number of para-hydroxylation sites is 1. The van der Waals surface area contributed by atoms with Crippen molar-refractivity contribution in [2.24, 2.45) is 0 Å². The van der Waals surface area contributed by atoms with Crippen molar-refractivity contribution in [1.29, 1.82) is 0 Å². The SMILES string of the molecule is CC(=O)N[C@@H](Cc1c[nH]c2ccccc12)C(=O)NC[C@H](c1ccccc1Cl)N(C)C. The Morgan fingerprint density at radius 1 is 1.10 bits per heavy atom. The third-order valence-electron chi connectivity index (χ3n) is 5.15. The maximum absolute atomic E-state index is 13.0. The molecule has 3 N–H and O–H groups in total. The number of aromatic nitrogens is 1. The summed E-state index contributed by atoms with van der Waals surface area (Å²) < 4.78 is 0. The molecule has 0 aliphatic rings. The minimum atomic E-state index is -0.671. The van der Waals surface area contributed by atoms with Gasteiger partial charge >= 0.3 is 0 Å². The summed E-state index contributed by atoms with van der Waals surface area (Å²) in [6.45, 7) is 1.79. The molecule has 2 amide bonds. The zero-order valence-electron chi connectivity index (χ0n) is 17.4. The number of likely N-dealkylation sites (N-methyl/N-ethyl adjacent to an activating group) is 1. The Morgan fingerprint density at radius 3 is 2.50 bits per heavy atom. The van der Waals surface area contributed by atoms with Crippen LogP contribution in [0.5, 0.6) is 0 Å². The standard InChI is InChI=1S/C23H27ClN4O2/c1-15(29)27-21(12-16-13-25-20-11-7-5-8-17(16)20)23(30)26-14-22(28(2)3)18-9-4-6-10-19(18)24/h4-11,13,21-22,25H,12,14H2,1-3H3,(H,26,30)(H,27,29)/t21-,22+/m0/s1. The number of hydrogen-bond donors (Lipinski definition) is 3. The minimum Gasteiger partial charge on any atom is -0.361 e. The van der Waals surface area contributed by atoms with Crippen molar-refractivity contribution < 1.29 is 9.59 Å². The molecule has 2 aromatic carbocycles. The van der Waals surface area contributed by atoms with Gasteiger partial charge in [0.15, 0.2) is 0 Å². The van der Waals surface area contributed by atoms with Crippen molar-refractivity contribution in [3.63, 3.8) is 0 Å². The zero-order valence-corrected chi connectivity index (χ0v) is 18.2. The molecule has 6 nitrogen and oxygen atoms in total. The quantitative estimate of drug-likeness (QED) is 0.517. The number of nitrogens with one attached hydrogen (secondary N) is 3. The van der Waals surface area contributed by atoms with Gasteiger partial charge in [-0.2, -0.15) is 0 Å². The van der Waals surface area contributed by atoms with Gasteiger partial charge in [0.05, 0.1) is 6.04 Å². The summed E-state index contributed by atoms with van der Waals surface area (Å²) in [7, 11) is 3.88. The van der Waals surface area contributed by atoms with Crippen LogP contribution in [-0.2, 0) is 16.0 Å². The van der Waals surface area contributed by atoms with Crippen LogP contribution in [0.1, 0.15) is 24.1 Å². The average Bonchev–Trinajstić information content (AvgIpc) is 3.11. The number of hydrogen-bond acceptors (Lipinski definition) is 3. The fourth-order valence-electron chi connectivity index (χ4n) is 3.61. The first-order valence-electron chi connectivity index (χ1n) is 9.87. The third kappa shape index (κ3) is 5.20. The predicted octanol–water partition coefficient (Wildman–Crippen LogP) is 3.29. The van der Waals surface area contributed by atoms with Crippen LogP contribution in [0.2, 0.25) is 5.02 Å². The molecule has 1 heterocycles. The highest BCUT2D eigenvalue weighted by atomic mass is 35.5. The molecule has 0 unspecified atom stereocenters. The maximum Gasteiger partial charge on any atom is 0.242 e. The molecule has 2 atom stereocenters. The fraction of sp³-hybridized carbons (Fsp3) is 0.304. The molecular weight excluding hydrogens is 400 g/mol. The summed E-state index contributed by atoms with van der Waals surface area (Å²) in [4.78, 5) is 30.0. The van der Waals surface area contributed by atoms with E-state index >= 15 is 0 Å². The Balaban J connectivity index is 1.75. The van der Waals surface area contributed by atoms with Gasteiger partial charge in [-0.05, 0) is 37.4 Å². The van der Waals surface area contributed by atoms with Gasteiger partial charge in [0.2, 0.25) is 11.8 Å². The van der Waals surface area contributed by atoms with Crippen molar-refractivity contribution in [1.82, 2.24) is 20.5 Å². The Morgan fingerprint density at radius 2 is 1.80 bits per heavy atom. The third-order valence-corrected chi connectivity index (χ3v) is 5.49. The second-order valence-corrected chi connectivity index (χ2v) is 7.97. The number of rotatable bonds is 8. The van der Waals surface area contributed by atoms with Crippen LogP contribution in [0.4, 0.5) is 0 Å². The summed E-state index contributed by atoms with van der Waals surface area (Å²) in [6, 6.07) is 14.7. The van der Waals surface area contributed by atoms with E-state index in [2.05, 4.69) is 15.6 Å². The summed E-state index contributed by atoms with van der Waals surface area (Å²) in [5.41, 5.74) is 2.92. The summed E-state index contributed by atoms with van der Waals surface area (Å²) in [5.74, 6) is -0.473. The first-order chi connectivity index (χ1) is 14.4. The number of amides is 2. The number of fused-ring (bicyclic) bond motifs is 1. The number of nitrogens with zero attached hydrogens (tertiary/aromatic N) is 1. The molecule has 30 heavy (non-hydrogen) atoms. The smallest absolute Gasteiger partial charge is 0.242 e. The number of aromatic amines is 1. The Kier molecular flexibility index (Phi) is 7.13. The Hall–Kier alpha value is -2.83. The van der Waals surface area contributed by atoms with Crippen LogP contribution in [-0.4, -0.2) is 48.4 Å². The summed E-state index contributed by atoms with van der Waals surface area (Å²) in [5, 5.41) is 7.47. The molecule has 0 saturated heterocycles. The van der Waals surface area contributed by atoms with Gasteiger partial charge in [0.1, 0.15) is 6.04 Å². The number of carbonyl (C=O) groups excluding carboxylic acids is 2. The molecule has 0 radical (unpaired) electrons. The van der Waals surface area contributed by atoms with Gasteiger partial charge in [-0.25, -0.2) is 0 Å². The van der Waals surface area contributed by atoms with E-state index in [1.54, 1.807) is 0 Å². The van der Waals surface area contributed by atoms with Gasteiger partial charge in [-0.1, -0.05) is 48.0 Å². The van der Waals surface area contributed by atoms with E-state index in [0.717, 1.165) is 22.0 Å². The number of H-pyrrole nitrogens is 1. The fourth-order valence-corrected chi connectivity index (χ4v) is 3.87. The van der Waals surface area contributed by atoms with Crippen molar-refractivity contribution in [2.75, 3.05) is 20.6 Å². The van der Waals surface area contributed by atoms with Gasteiger partial charge in [0.25, 0.3) is 0 Å². The van der Waals surface area contributed by atoms with E-state index in [1.807, 2.05) is 73.7 Å². The Bertz CT molecular complexity index is 1030. The molecule has 0 fully saturated rings. The topological polar surface area (TPSA) is 77.2 Å². The highest BCUT2D eigenvalue weighted by Gasteiger charge is 2.24.